The highest BCUT2D eigenvalue weighted by Crippen LogP contribution is 2.33. The third-order valence-corrected chi connectivity index (χ3v) is 5.14. The molecular weight excluding hydrogens is 407 g/mol. The Morgan fingerprint density at radius 3 is 2.50 bits per heavy atom. The first-order chi connectivity index (χ1) is 15.5. The zero-order chi connectivity index (χ0) is 22.5. The minimum Gasteiger partial charge on any atom is -0.481 e. The molecule has 0 amide bonds. The molecule has 0 spiro atoms. The zero-order valence-electron chi connectivity index (χ0n) is 17.7. The van der Waals surface area contributed by atoms with Gasteiger partial charge in [0.25, 0.3) is 0 Å². The summed E-state index contributed by atoms with van der Waals surface area (Å²) in [5.74, 6) is -0.888. The fraction of sp³-hybridized carbons (Fsp3) is 0.154. The summed E-state index contributed by atoms with van der Waals surface area (Å²) >= 11 is 0. The van der Waals surface area contributed by atoms with Crippen molar-refractivity contribution < 1.29 is 19.0 Å². The number of aliphatic carboxylic acids is 1. The largest absolute Gasteiger partial charge is 0.481 e. The van der Waals surface area contributed by atoms with Crippen molar-refractivity contribution in [2.75, 3.05) is 6.61 Å². The molecule has 0 aliphatic rings. The Bertz CT molecular complexity index is 1220. The molecule has 6 heteroatoms. The standard InChI is InChI=1S/C26H23FN2O3/c1-18-7-12-25(32-17-26(30)31)22(15-18)23-16-24(20-8-10-21(27)11-9-20)29(28-23)14-13-19-5-3-2-4-6-19/h2-12,15-16H,13-14,17H2,1H3,(H,30,31). The number of hydrogen-bond acceptors (Lipinski definition) is 3. The lowest BCUT2D eigenvalue weighted by Gasteiger charge is -2.09. The van der Waals surface area contributed by atoms with Gasteiger partial charge in [0.1, 0.15) is 11.6 Å². The molecule has 1 N–H and O–H groups in total. The monoisotopic (exact) mass is 430 g/mol. The number of rotatable bonds is 8. The highest BCUT2D eigenvalue weighted by Gasteiger charge is 2.16. The number of halogens is 1. The third kappa shape index (κ3) is 5.03. The van der Waals surface area contributed by atoms with Crippen LogP contribution in [0, 0.1) is 12.7 Å². The summed E-state index contributed by atoms with van der Waals surface area (Å²) in [7, 11) is 0. The van der Waals surface area contributed by atoms with Crippen molar-refractivity contribution in [3.63, 3.8) is 0 Å². The van der Waals surface area contributed by atoms with Crippen LogP contribution in [0.3, 0.4) is 0 Å². The fourth-order valence-electron chi connectivity index (χ4n) is 3.56. The second-order valence-corrected chi connectivity index (χ2v) is 7.56. The predicted octanol–water partition coefficient (Wildman–Crippen LogP) is 5.37. The van der Waals surface area contributed by atoms with Gasteiger partial charge in [-0.2, -0.15) is 5.10 Å². The van der Waals surface area contributed by atoms with Crippen LogP contribution in [0.1, 0.15) is 11.1 Å². The number of hydrogen-bond donors (Lipinski definition) is 1. The fourth-order valence-corrected chi connectivity index (χ4v) is 3.56. The average molecular weight is 430 g/mol. The molecule has 5 nitrogen and oxygen atoms in total. The first-order valence-corrected chi connectivity index (χ1v) is 10.3. The van der Waals surface area contributed by atoms with Gasteiger partial charge in [-0.1, -0.05) is 42.0 Å². The smallest absolute Gasteiger partial charge is 0.341 e. The van der Waals surface area contributed by atoms with E-state index in [0.29, 0.717) is 23.6 Å². The number of aryl methyl sites for hydroxylation is 3. The lowest BCUT2D eigenvalue weighted by atomic mass is 10.1. The summed E-state index contributed by atoms with van der Waals surface area (Å²) in [6.45, 7) is 2.15. The van der Waals surface area contributed by atoms with Crippen LogP contribution in [0.4, 0.5) is 4.39 Å². The average Bonchev–Trinajstić information content (AvgIpc) is 3.22. The molecule has 0 aliphatic heterocycles. The van der Waals surface area contributed by atoms with E-state index >= 15 is 0 Å². The molecule has 4 aromatic rings. The van der Waals surface area contributed by atoms with Gasteiger partial charge in [-0.15, -0.1) is 0 Å². The van der Waals surface area contributed by atoms with Crippen LogP contribution in [0.15, 0.2) is 78.9 Å². The topological polar surface area (TPSA) is 64.3 Å². The van der Waals surface area contributed by atoms with Gasteiger partial charge in [0.05, 0.1) is 11.4 Å². The van der Waals surface area contributed by atoms with Gasteiger partial charge in [0.2, 0.25) is 0 Å². The molecule has 0 saturated heterocycles. The van der Waals surface area contributed by atoms with Gasteiger partial charge in [-0.25, -0.2) is 9.18 Å². The number of carbonyl (C=O) groups is 1. The Balaban J connectivity index is 1.74. The van der Waals surface area contributed by atoms with E-state index in [1.165, 1.54) is 17.7 Å². The summed E-state index contributed by atoms with van der Waals surface area (Å²) in [5.41, 5.74) is 5.27. The number of ether oxygens (including phenoxy) is 1. The Morgan fingerprint density at radius 1 is 1.03 bits per heavy atom. The molecule has 0 unspecified atom stereocenters. The number of carboxylic acids is 1. The van der Waals surface area contributed by atoms with E-state index in [9.17, 15) is 9.18 Å². The van der Waals surface area contributed by atoms with E-state index < -0.39 is 12.6 Å². The van der Waals surface area contributed by atoms with E-state index in [0.717, 1.165) is 23.2 Å². The normalized spacial score (nSPS) is 10.8. The lowest BCUT2D eigenvalue weighted by molar-refractivity contribution is -0.139. The maximum Gasteiger partial charge on any atom is 0.341 e. The minimum atomic E-state index is -1.04. The Labute approximate surface area is 185 Å². The van der Waals surface area contributed by atoms with Crippen LogP contribution in [-0.4, -0.2) is 27.5 Å². The molecule has 1 heterocycles. The summed E-state index contributed by atoms with van der Waals surface area (Å²) in [6, 6.07) is 23.9. The summed E-state index contributed by atoms with van der Waals surface area (Å²) in [5, 5.41) is 13.8. The van der Waals surface area contributed by atoms with E-state index in [-0.39, 0.29) is 5.82 Å². The predicted molar refractivity (Wildman–Crippen MR) is 121 cm³/mol. The van der Waals surface area contributed by atoms with Crippen molar-refractivity contribution in [3.05, 3.63) is 95.8 Å². The maximum absolute atomic E-state index is 13.5. The SMILES string of the molecule is Cc1ccc(OCC(=O)O)c(-c2cc(-c3ccc(F)cc3)n(CCc3ccccc3)n2)c1. The second kappa shape index (κ2) is 9.47. The van der Waals surface area contributed by atoms with E-state index in [1.54, 1.807) is 18.2 Å². The van der Waals surface area contributed by atoms with Gasteiger partial charge < -0.3 is 9.84 Å². The zero-order valence-corrected chi connectivity index (χ0v) is 17.7. The second-order valence-electron chi connectivity index (χ2n) is 7.56. The van der Waals surface area contributed by atoms with Gasteiger partial charge in [0.15, 0.2) is 6.61 Å². The van der Waals surface area contributed by atoms with Crippen molar-refractivity contribution in [1.29, 1.82) is 0 Å². The van der Waals surface area contributed by atoms with Crippen molar-refractivity contribution in [1.82, 2.24) is 9.78 Å². The highest BCUT2D eigenvalue weighted by molar-refractivity contribution is 5.74. The van der Waals surface area contributed by atoms with Crippen LogP contribution >= 0.6 is 0 Å². The summed E-state index contributed by atoms with van der Waals surface area (Å²) < 4.78 is 20.9. The highest BCUT2D eigenvalue weighted by atomic mass is 19.1. The van der Waals surface area contributed by atoms with Crippen molar-refractivity contribution in [2.45, 2.75) is 19.9 Å². The van der Waals surface area contributed by atoms with E-state index in [4.69, 9.17) is 14.9 Å². The first-order valence-electron chi connectivity index (χ1n) is 10.3. The lowest BCUT2D eigenvalue weighted by Crippen LogP contribution is -2.10. The van der Waals surface area contributed by atoms with Gasteiger partial charge in [0, 0.05) is 17.7 Å². The van der Waals surface area contributed by atoms with Gasteiger partial charge in [-0.05, 0) is 61.4 Å². The Hall–Kier alpha value is -3.93. The van der Waals surface area contributed by atoms with Crippen molar-refractivity contribution >= 4 is 5.97 Å². The number of aromatic nitrogens is 2. The summed E-state index contributed by atoms with van der Waals surface area (Å²) in [4.78, 5) is 11.0. The van der Waals surface area contributed by atoms with Crippen molar-refractivity contribution in [2.24, 2.45) is 0 Å². The molecule has 0 aliphatic carbocycles. The first kappa shape index (κ1) is 21.3. The van der Waals surface area contributed by atoms with E-state index in [2.05, 4.69) is 12.1 Å². The van der Waals surface area contributed by atoms with Crippen LogP contribution in [0.5, 0.6) is 5.75 Å². The minimum absolute atomic E-state index is 0.299. The van der Waals surface area contributed by atoms with Crippen molar-refractivity contribution in [3.8, 4) is 28.3 Å². The number of carboxylic acid groups (broad SMARTS) is 1. The molecule has 0 radical (unpaired) electrons. The molecule has 162 valence electrons. The molecule has 3 aromatic carbocycles. The Morgan fingerprint density at radius 2 is 1.78 bits per heavy atom. The quantitative estimate of drug-likeness (QED) is 0.408. The van der Waals surface area contributed by atoms with Crippen LogP contribution in [0.2, 0.25) is 0 Å². The van der Waals surface area contributed by atoms with Crippen LogP contribution in [0.25, 0.3) is 22.5 Å². The molecule has 0 bridgehead atoms. The van der Waals surface area contributed by atoms with Crippen LogP contribution in [-0.2, 0) is 17.8 Å². The number of benzene rings is 3. The van der Waals surface area contributed by atoms with Gasteiger partial charge >= 0.3 is 5.97 Å². The molecule has 32 heavy (non-hydrogen) atoms. The number of nitrogens with zero attached hydrogens (tertiary/aromatic N) is 2. The van der Waals surface area contributed by atoms with E-state index in [1.807, 2.05) is 48.0 Å². The van der Waals surface area contributed by atoms with Crippen LogP contribution < -0.4 is 4.74 Å². The molecule has 0 saturated carbocycles. The van der Waals surface area contributed by atoms with Gasteiger partial charge in [-0.3, -0.25) is 4.68 Å². The maximum atomic E-state index is 13.5. The molecule has 0 fully saturated rings. The third-order valence-electron chi connectivity index (χ3n) is 5.14. The molecule has 4 rings (SSSR count). The molecule has 0 atom stereocenters. The molecule has 1 aromatic heterocycles. The molecular formula is C26H23FN2O3. The Kier molecular flexibility index (Phi) is 6.31. The summed E-state index contributed by atoms with van der Waals surface area (Å²) in [6.07, 6.45) is 0.784.